The molecular weight excluding hydrogens is 200 g/mol. The highest BCUT2D eigenvalue weighted by molar-refractivity contribution is 5.60. The summed E-state index contributed by atoms with van der Waals surface area (Å²) >= 11 is 0. The summed E-state index contributed by atoms with van der Waals surface area (Å²) in [6, 6.07) is 10.8. The van der Waals surface area contributed by atoms with Crippen LogP contribution in [0, 0.1) is 0 Å². The van der Waals surface area contributed by atoms with Gasteiger partial charge in [0.2, 0.25) is 0 Å². The summed E-state index contributed by atoms with van der Waals surface area (Å²) in [6.45, 7) is 0.797. The Hall–Kier alpha value is -1.68. The highest BCUT2D eigenvalue weighted by atomic mass is 15.3. The van der Waals surface area contributed by atoms with Crippen LogP contribution < -0.4 is 5.32 Å². The molecule has 0 saturated heterocycles. The van der Waals surface area contributed by atoms with Gasteiger partial charge in [0, 0.05) is 18.2 Å². The zero-order chi connectivity index (χ0) is 10.8. The second-order valence-corrected chi connectivity index (χ2v) is 4.14. The molecule has 0 unspecified atom stereocenters. The van der Waals surface area contributed by atoms with Gasteiger partial charge in [0.1, 0.15) is 11.4 Å². The van der Waals surface area contributed by atoms with Crippen LogP contribution in [0.3, 0.4) is 0 Å². The lowest BCUT2D eigenvalue weighted by Crippen LogP contribution is -2.16. The standard InChI is InChI=1S/C12H14N4/c1-2-4-9(5-3-1)12-11(14-16-15-12)8-13-10-6-7-10/h1-5,10,13H,6-8H2,(H,14,15,16). The van der Waals surface area contributed by atoms with E-state index >= 15 is 0 Å². The zero-order valence-corrected chi connectivity index (χ0v) is 8.98. The summed E-state index contributed by atoms with van der Waals surface area (Å²) in [7, 11) is 0. The van der Waals surface area contributed by atoms with Gasteiger partial charge in [-0.3, -0.25) is 0 Å². The van der Waals surface area contributed by atoms with E-state index in [0.29, 0.717) is 6.04 Å². The van der Waals surface area contributed by atoms with E-state index < -0.39 is 0 Å². The summed E-state index contributed by atoms with van der Waals surface area (Å²) in [4.78, 5) is 0. The van der Waals surface area contributed by atoms with Crippen molar-refractivity contribution >= 4 is 0 Å². The van der Waals surface area contributed by atoms with Gasteiger partial charge in [-0.05, 0) is 12.8 Å². The molecule has 82 valence electrons. The molecule has 1 aliphatic rings. The van der Waals surface area contributed by atoms with Crippen molar-refractivity contribution in [3.05, 3.63) is 36.0 Å². The SMILES string of the molecule is c1ccc(-c2n[nH]nc2CNC2CC2)cc1. The maximum atomic E-state index is 4.21. The number of rotatable bonds is 4. The minimum absolute atomic E-state index is 0.695. The first-order valence-electron chi connectivity index (χ1n) is 5.62. The normalized spacial score (nSPS) is 15.2. The van der Waals surface area contributed by atoms with Crippen molar-refractivity contribution in [3.63, 3.8) is 0 Å². The maximum absolute atomic E-state index is 4.21. The lowest BCUT2D eigenvalue weighted by atomic mass is 10.1. The third-order valence-corrected chi connectivity index (χ3v) is 2.80. The van der Waals surface area contributed by atoms with Crippen LogP contribution >= 0.6 is 0 Å². The summed E-state index contributed by atoms with van der Waals surface area (Å²) in [6.07, 6.45) is 2.58. The number of benzene rings is 1. The molecule has 1 heterocycles. The van der Waals surface area contributed by atoms with Crippen molar-refractivity contribution < 1.29 is 0 Å². The van der Waals surface area contributed by atoms with Crippen LogP contribution in [0.1, 0.15) is 18.5 Å². The Morgan fingerprint density at radius 1 is 1.19 bits per heavy atom. The average molecular weight is 214 g/mol. The van der Waals surface area contributed by atoms with Crippen LogP contribution in [0.4, 0.5) is 0 Å². The number of hydrogen-bond acceptors (Lipinski definition) is 3. The molecule has 1 aliphatic carbocycles. The predicted molar refractivity (Wildman–Crippen MR) is 61.7 cm³/mol. The number of H-pyrrole nitrogens is 1. The van der Waals surface area contributed by atoms with Gasteiger partial charge in [0.25, 0.3) is 0 Å². The van der Waals surface area contributed by atoms with Gasteiger partial charge in [-0.1, -0.05) is 30.3 Å². The van der Waals surface area contributed by atoms with E-state index in [-0.39, 0.29) is 0 Å². The molecule has 3 rings (SSSR count). The summed E-state index contributed by atoms with van der Waals surface area (Å²) in [5.41, 5.74) is 3.07. The molecule has 1 aromatic heterocycles. The fraction of sp³-hybridized carbons (Fsp3) is 0.333. The lowest BCUT2D eigenvalue weighted by Gasteiger charge is -2.01. The maximum Gasteiger partial charge on any atom is 0.117 e. The van der Waals surface area contributed by atoms with E-state index in [1.165, 1.54) is 12.8 Å². The van der Waals surface area contributed by atoms with Crippen LogP contribution in [0.5, 0.6) is 0 Å². The van der Waals surface area contributed by atoms with Gasteiger partial charge in [-0.25, -0.2) is 0 Å². The van der Waals surface area contributed by atoms with Crippen LogP contribution in [-0.2, 0) is 6.54 Å². The number of hydrogen-bond donors (Lipinski definition) is 2. The number of aromatic nitrogens is 3. The summed E-state index contributed by atoms with van der Waals surface area (Å²) in [5.74, 6) is 0. The Balaban J connectivity index is 1.81. The van der Waals surface area contributed by atoms with Crippen molar-refractivity contribution in [2.24, 2.45) is 0 Å². The third-order valence-electron chi connectivity index (χ3n) is 2.80. The van der Waals surface area contributed by atoms with Gasteiger partial charge in [-0.2, -0.15) is 15.4 Å². The average Bonchev–Trinajstić information content (AvgIpc) is 3.05. The van der Waals surface area contributed by atoms with Crippen LogP contribution in [0.15, 0.2) is 30.3 Å². The molecule has 4 heteroatoms. The molecule has 1 aromatic carbocycles. The molecule has 2 N–H and O–H groups in total. The fourth-order valence-electron chi connectivity index (χ4n) is 1.73. The summed E-state index contributed by atoms with van der Waals surface area (Å²) < 4.78 is 0. The zero-order valence-electron chi connectivity index (χ0n) is 8.98. The molecule has 0 atom stereocenters. The van der Waals surface area contributed by atoms with Crippen molar-refractivity contribution in [1.82, 2.24) is 20.7 Å². The molecule has 2 aromatic rings. The van der Waals surface area contributed by atoms with Crippen LogP contribution in [-0.4, -0.2) is 21.5 Å². The van der Waals surface area contributed by atoms with E-state index in [1.54, 1.807) is 0 Å². The Morgan fingerprint density at radius 2 is 2.00 bits per heavy atom. The van der Waals surface area contributed by atoms with Crippen molar-refractivity contribution in [2.75, 3.05) is 0 Å². The van der Waals surface area contributed by atoms with Crippen LogP contribution in [0.25, 0.3) is 11.3 Å². The quantitative estimate of drug-likeness (QED) is 0.814. The Bertz CT molecular complexity index is 459. The smallest absolute Gasteiger partial charge is 0.117 e. The molecule has 0 bridgehead atoms. The van der Waals surface area contributed by atoms with E-state index in [9.17, 15) is 0 Å². The first kappa shape index (κ1) is 9.54. The predicted octanol–water partition coefficient (Wildman–Crippen LogP) is 1.72. The topological polar surface area (TPSA) is 53.6 Å². The van der Waals surface area contributed by atoms with E-state index in [1.807, 2.05) is 18.2 Å². The number of nitrogens with zero attached hydrogens (tertiary/aromatic N) is 2. The van der Waals surface area contributed by atoms with Gasteiger partial charge >= 0.3 is 0 Å². The second kappa shape index (κ2) is 4.06. The first-order chi connectivity index (χ1) is 7.93. The van der Waals surface area contributed by atoms with Crippen molar-refractivity contribution in [3.8, 4) is 11.3 Å². The second-order valence-electron chi connectivity index (χ2n) is 4.14. The minimum Gasteiger partial charge on any atom is -0.308 e. The van der Waals surface area contributed by atoms with Crippen molar-refractivity contribution in [1.29, 1.82) is 0 Å². The van der Waals surface area contributed by atoms with Crippen LogP contribution in [0.2, 0.25) is 0 Å². The van der Waals surface area contributed by atoms with E-state index in [0.717, 1.165) is 23.5 Å². The number of aromatic amines is 1. The molecule has 0 amide bonds. The molecule has 0 spiro atoms. The molecule has 4 nitrogen and oxygen atoms in total. The fourth-order valence-corrected chi connectivity index (χ4v) is 1.73. The van der Waals surface area contributed by atoms with Gasteiger partial charge in [0.15, 0.2) is 0 Å². The molecular formula is C12H14N4. The number of nitrogens with one attached hydrogen (secondary N) is 2. The van der Waals surface area contributed by atoms with Gasteiger partial charge in [0.05, 0.1) is 0 Å². The largest absolute Gasteiger partial charge is 0.308 e. The van der Waals surface area contributed by atoms with Crippen molar-refractivity contribution in [2.45, 2.75) is 25.4 Å². The monoisotopic (exact) mass is 214 g/mol. The third kappa shape index (κ3) is 1.97. The first-order valence-corrected chi connectivity index (χ1v) is 5.62. The minimum atomic E-state index is 0.695. The Labute approximate surface area is 94.1 Å². The van der Waals surface area contributed by atoms with Gasteiger partial charge < -0.3 is 5.32 Å². The highest BCUT2D eigenvalue weighted by Crippen LogP contribution is 2.22. The van der Waals surface area contributed by atoms with E-state index in [4.69, 9.17) is 0 Å². The molecule has 0 radical (unpaired) electrons. The lowest BCUT2D eigenvalue weighted by molar-refractivity contribution is 0.673. The highest BCUT2D eigenvalue weighted by Gasteiger charge is 2.21. The molecule has 16 heavy (non-hydrogen) atoms. The molecule has 0 aliphatic heterocycles. The summed E-state index contributed by atoms with van der Waals surface area (Å²) in [5, 5.41) is 14.5. The van der Waals surface area contributed by atoms with Gasteiger partial charge in [-0.15, -0.1) is 0 Å². The molecule has 1 saturated carbocycles. The van der Waals surface area contributed by atoms with E-state index in [2.05, 4.69) is 32.9 Å². The Morgan fingerprint density at radius 3 is 2.75 bits per heavy atom. The Kier molecular flexibility index (Phi) is 2.42. The molecule has 1 fully saturated rings.